The van der Waals surface area contributed by atoms with Crippen LogP contribution in [-0.4, -0.2) is 52.8 Å². The minimum atomic E-state index is -0.732. The molecule has 0 bridgehead atoms. The number of aromatic nitrogens is 2. The maximum atomic E-state index is 13.6. The molecule has 3 aromatic rings. The Morgan fingerprint density at radius 1 is 1.08 bits per heavy atom. The van der Waals surface area contributed by atoms with Crippen molar-refractivity contribution in [1.29, 1.82) is 0 Å². The van der Waals surface area contributed by atoms with Gasteiger partial charge in [0.1, 0.15) is 23.0 Å². The second-order valence-corrected chi connectivity index (χ2v) is 9.46. The number of carbonyl (C=O) groups is 1. The van der Waals surface area contributed by atoms with Crippen LogP contribution in [0.3, 0.4) is 0 Å². The number of aryl methyl sites for hydroxylation is 1. The molecule has 1 amide bonds. The van der Waals surface area contributed by atoms with Crippen LogP contribution in [0.4, 0.5) is 0 Å². The van der Waals surface area contributed by atoms with Gasteiger partial charge in [-0.1, -0.05) is 50.2 Å². The molecule has 0 aliphatic carbocycles. The summed E-state index contributed by atoms with van der Waals surface area (Å²) in [5, 5.41) is 11.5. The van der Waals surface area contributed by atoms with Gasteiger partial charge in [0, 0.05) is 25.4 Å². The van der Waals surface area contributed by atoms with E-state index in [0.717, 1.165) is 18.4 Å². The van der Waals surface area contributed by atoms with Crippen molar-refractivity contribution in [3.63, 3.8) is 0 Å². The molecule has 0 spiro atoms. The van der Waals surface area contributed by atoms with E-state index in [-0.39, 0.29) is 11.5 Å². The Labute approximate surface area is 211 Å². The molecule has 1 atom stereocenters. The molecule has 1 aliphatic heterocycles. The lowest BCUT2D eigenvalue weighted by molar-refractivity contribution is 0.0784. The molecule has 0 radical (unpaired) electrons. The molecule has 4 rings (SSSR count). The van der Waals surface area contributed by atoms with Crippen LogP contribution in [0.5, 0.6) is 17.4 Å². The van der Waals surface area contributed by atoms with Crippen molar-refractivity contribution in [3.8, 4) is 23.1 Å². The van der Waals surface area contributed by atoms with Crippen molar-refractivity contribution in [2.24, 2.45) is 5.92 Å². The van der Waals surface area contributed by atoms with Gasteiger partial charge >= 0.3 is 0 Å². The largest absolute Gasteiger partial charge is 0.494 e. The Bertz CT molecular complexity index is 1260. The number of ether oxygens (including phenoxy) is 2. The van der Waals surface area contributed by atoms with E-state index in [4.69, 9.17) is 9.47 Å². The summed E-state index contributed by atoms with van der Waals surface area (Å²) in [6.45, 7) is 5.10. The molecule has 1 aliphatic rings. The highest BCUT2D eigenvalue weighted by molar-refractivity contribution is 5.96. The summed E-state index contributed by atoms with van der Waals surface area (Å²) >= 11 is 0. The van der Waals surface area contributed by atoms with E-state index in [0.29, 0.717) is 48.4 Å². The predicted molar refractivity (Wildman–Crippen MR) is 137 cm³/mol. The third-order valence-electron chi connectivity index (χ3n) is 6.67. The molecule has 8 nitrogen and oxygen atoms in total. The zero-order valence-electron chi connectivity index (χ0n) is 21.2. The number of methoxy groups -OCH3 is 2. The molecule has 1 fully saturated rings. The molecule has 2 heterocycles. The van der Waals surface area contributed by atoms with Crippen molar-refractivity contribution in [3.05, 3.63) is 75.8 Å². The first kappa shape index (κ1) is 25.3. The molecule has 1 saturated heterocycles. The Morgan fingerprint density at radius 2 is 1.75 bits per heavy atom. The quantitative estimate of drug-likeness (QED) is 0.508. The van der Waals surface area contributed by atoms with Gasteiger partial charge in [0.15, 0.2) is 5.56 Å². The van der Waals surface area contributed by atoms with E-state index in [9.17, 15) is 14.7 Å². The Balaban J connectivity index is 1.81. The fraction of sp³-hybridized carbons (Fsp3) is 0.393. The highest BCUT2D eigenvalue weighted by atomic mass is 16.5. The molecule has 8 heteroatoms. The molecule has 190 valence electrons. The number of carbonyl (C=O) groups excluding carboxylic acids is 1. The molecule has 1 N–H and O–H groups in total. The first-order valence-corrected chi connectivity index (χ1v) is 12.3. The van der Waals surface area contributed by atoms with Crippen molar-refractivity contribution in [2.45, 2.75) is 39.0 Å². The fourth-order valence-corrected chi connectivity index (χ4v) is 4.71. The highest BCUT2D eigenvalue weighted by Crippen LogP contribution is 2.37. The molecule has 0 saturated carbocycles. The normalized spacial score (nSPS) is 15.4. The first-order chi connectivity index (χ1) is 17.3. The topological polar surface area (TPSA) is 93.9 Å². The van der Waals surface area contributed by atoms with Crippen LogP contribution in [0.25, 0.3) is 5.69 Å². The number of hydrogen-bond donors (Lipinski definition) is 1. The Kier molecular flexibility index (Phi) is 7.62. The number of para-hydroxylation sites is 1. The minimum absolute atomic E-state index is 0.173. The summed E-state index contributed by atoms with van der Waals surface area (Å²) in [7, 11) is 3.03. The van der Waals surface area contributed by atoms with E-state index in [1.807, 2.05) is 30.3 Å². The van der Waals surface area contributed by atoms with Gasteiger partial charge in [0.2, 0.25) is 5.88 Å². The lowest BCUT2D eigenvalue weighted by Gasteiger charge is -2.23. The van der Waals surface area contributed by atoms with Crippen LogP contribution in [0.2, 0.25) is 0 Å². The highest BCUT2D eigenvalue weighted by Gasteiger charge is 2.33. The first-order valence-electron chi connectivity index (χ1n) is 12.3. The summed E-state index contributed by atoms with van der Waals surface area (Å²) < 4.78 is 12.5. The van der Waals surface area contributed by atoms with Crippen LogP contribution in [0.15, 0.2) is 53.3 Å². The van der Waals surface area contributed by atoms with Crippen LogP contribution >= 0.6 is 0 Å². The van der Waals surface area contributed by atoms with Crippen molar-refractivity contribution >= 4 is 5.91 Å². The van der Waals surface area contributed by atoms with Gasteiger partial charge in [-0.25, -0.2) is 0 Å². The summed E-state index contributed by atoms with van der Waals surface area (Å²) in [6.07, 6.45) is 1.95. The zero-order chi connectivity index (χ0) is 25.8. The number of aromatic hydroxyl groups is 1. The van der Waals surface area contributed by atoms with Gasteiger partial charge in [0.25, 0.3) is 11.5 Å². The third-order valence-corrected chi connectivity index (χ3v) is 6.67. The number of likely N-dealkylation sites (tertiary alicyclic amines) is 1. The predicted octanol–water partition coefficient (Wildman–Crippen LogP) is 4.17. The van der Waals surface area contributed by atoms with E-state index < -0.39 is 17.3 Å². The number of amides is 1. The second-order valence-electron chi connectivity index (χ2n) is 9.46. The molecule has 1 unspecified atom stereocenters. The van der Waals surface area contributed by atoms with Crippen LogP contribution in [0, 0.1) is 5.92 Å². The summed E-state index contributed by atoms with van der Waals surface area (Å²) in [5.74, 6) is 0.722. The lowest BCUT2D eigenvalue weighted by atomic mass is 9.99. The molecule has 2 aromatic carbocycles. The average Bonchev–Trinajstić information content (AvgIpc) is 3.38. The van der Waals surface area contributed by atoms with E-state index in [1.54, 1.807) is 23.1 Å². The zero-order valence-corrected chi connectivity index (χ0v) is 21.2. The maximum Gasteiger partial charge on any atom is 0.289 e. The Hall–Kier alpha value is -3.81. The number of rotatable bonds is 8. The number of hydrogen-bond acceptors (Lipinski definition) is 6. The van der Waals surface area contributed by atoms with Crippen LogP contribution in [0.1, 0.15) is 54.4 Å². The SMILES string of the molecule is COc1cccc(OC)c1-n1c(CCC(C)C)nc(=O)c(C(=O)N2CCC(c3ccccc3)C2)c1O. The van der Waals surface area contributed by atoms with E-state index in [1.165, 1.54) is 18.8 Å². The minimum Gasteiger partial charge on any atom is -0.494 e. The van der Waals surface area contributed by atoms with E-state index in [2.05, 4.69) is 18.8 Å². The fourth-order valence-electron chi connectivity index (χ4n) is 4.71. The third kappa shape index (κ3) is 4.94. The van der Waals surface area contributed by atoms with Crippen molar-refractivity contribution in [2.75, 3.05) is 27.3 Å². The number of nitrogens with zero attached hydrogens (tertiary/aromatic N) is 3. The van der Waals surface area contributed by atoms with Gasteiger partial charge in [-0.15, -0.1) is 0 Å². The average molecular weight is 492 g/mol. The van der Waals surface area contributed by atoms with Gasteiger partial charge in [-0.05, 0) is 36.5 Å². The van der Waals surface area contributed by atoms with Gasteiger partial charge in [-0.2, -0.15) is 4.98 Å². The van der Waals surface area contributed by atoms with Crippen LogP contribution < -0.4 is 15.0 Å². The smallest absolute Gasteiger partial charge is 0.289 e. The maximum absolute atomic E-state index is 13.6. The monoisotopic (exact) mass is 491 g/mol. The van der Waals surface area contributed by atoms with Crippen LogP contribution in [-0.2, 0) is 6.42 Å². The molecular weight excluding hydrogens is 458 g/mol. The Morgan fingerprint density at radius 3 is 2.36 bits per heavy atom. The standard InChI is InChI=1S/C28H33N3O5/c1-18(2)13-14-23-29-26(32)24(27(33)30-16-15-20(17-30)19-9-6-5-7-10-19)28(34)31(23)25-21(35-3)11-8-12-22(25)36-4/h5-12,18,20,34H,13-17H2,1-4H3. The van der Waals surface area contributed by atoms with Crippen molar-refractivity contribution < 1.29 is 19.4 Å². The summed E-state index contributed by atoms with van der Waals surface area (Å²) in [5.41, 5.74) is 0.466. The molecular formula is C28H33N3O5. The van der Waals surface area contributed by atoms with Crippen molar-refractivity contribution in [1.82, 2.24) is 14.5 Å². The summed E-state index contributed by atoms with van der Waals surface area (Å²) in [4.78, 5) is 32.6. The van der Waals surface area contributed by atoms with Gasteiger partial charge in [0.05, 0.1) is 14.2 Å². The van der Waals surface area contributed by atoms with Gasteiger partial charge < -0.3 is 19.5 Å². The number of benzene rings is 2. The lowest BCUT2D eigenvalue weighted by Crippen LogP contribution is -2.35. The molecule has 1 aromatic heterocycles. The molecule has 36 heavy (non-hydrogen) atoms. The van der Waals surface area contributed by atoms with E-state index >= 15 is 0 Å². The summed E-state index contributed by atoms with van der Waals surface area (Å²) in [6, 6.07) is 15.2. The van der Waals surface area contributed by atoms with Gasteiger partial charge in [-0.3, -0.25) is 14.2 Å². The second kappa shape index (κ2) is 10.8.